The lowest BCUT2D eigenvalue weighted by atomic mass is 9.84. The first kappa shape index (κ1) is 15.3. The van der Waals surface area contributed by atoms with E-state index in [2.05, 4.69) is 44.8 Å². The van der Waals surface area contributed by atoms with Gasteiger partial charge in [-0.15, -0.1) is 0 Å². The van der Waals surface area contributed by atoms with Crippen LogP contribution >= 0.6 is 0 Å². The molecule has 112 valence electrons. The maximum atomic E-state index is 3.84. The van der Waals surface area contributed by atoms with E-state index in [0.29, 0.717) is 5.41 Å². The summed E-state index contributed by atoms with van der Waals surface area (Å²) >= 11 is 0. The molecule has 2 nitrogen and oxygen atoms in total. The molecule has 1 aliphatic heterocycles. The van der Waals surface area contributed by atoms with Crippen molar-refractivity contribution in [2.45, 2.75) is 72.4 Å². The van der Waals surface area contributed by atoms with Crippen LogP contribution in [0, 0.1) is 17.3 Å². The molecule has 1 heterocycles. The lowest BCUT2D eigenvalue weighted by molar-refractivity contribution is 0.178. The molecule has 0 aromatic carbocycles. The highest BCUT2D eigenvalue weighted by atomic mass is 15.2. The smallest absolute Gasteiger partial charge is 0.0159 e. The van der Waals surface area contributed by atoms with Crippen LogP contribution in [-0.4, -0.2) is 36.6 Å². The van der Waals surface area contributed by atoms with Gasteiger partial charge in [-0.05, 0) is 56.4 Å². The van der Waals surface area contributed by atoms with Gasteiger partial charge in [-0.1, -0.05) is 27.7 Å². The van der Waals surface area contributed by atoms with Gasteiger partial charge in [-0.25, -0.2) is 0 Å². The molecule has 1 saturated heterocycles. The second-order valence-electron chi connectivity index (χ2n) is 7.86. The Kier molecular flexibility index (Phi) is 4.94. The van der Waals surface area contributed by atoms with Crippen LogP contribution in [0.5, 0.6) is 0 Å². The third kappa shape index (κ3) is 3.52. The largest absolute Gasteiger partial charge is 0.313 e. The standard InChI is InChI=1S/C17H34N2/c1-6-9-18-16-15(7-8-17(16,4)5)12-19-11-13(2)10-14(19)3/h13-16,18H,6-12H2,1-5H3. The highest BCUT2D eigenvalue weighted by molar-refractivity contribution is 4.98. The number of hydrogen-bond acceptors (Lipinski definition) is 2. The molecular formula is C17H34N2. The minimum atomic E-state index is 0.481. The first-order valence-corrected chi connectivity index (χ1v) is 8.41. The van der Waals surface area contributed by atoms with Crippen molar-refractivity contribution in [1.29, 1.82) is 0 Å². The fourth-order valence-electron chi connectivity index (χ4n) is 4.40. The average Bonchev–Trinajstić information content (AvgIpc) is 2.78. The van der Waals surface area contributed by atoms with Gasteiger partial charge in [0.15, 0.2) is 0 Å². The molecule has 0 amide bonds. The van der Waals surface area contributed by atoms with Gasteiger partial charge < -0.3 is 10.2 Å². The summed E-state index contributed by atoms with van der Waals surface area (Å²) in [7, 11) is 0. The van der Waals surface area contributed by atoms with Gasteiger partial charge in [0.1, 0.15) is 0 Å². The van der Waals surface area contributed by atoms with E-state index in [-0.39, 0.29) is 0 Å². The van der Waals surface area contributed by atoms with Crippen molar-refractivity contribution in [3.8, 4) is 0 Å². The van der Waals surface area contributed by atoms with Crippen LogP contribution in [-0.2, 0) is 0 Å². The molecule has 0 aromatic rings. The summed E-state index contributed by atoms with van der Waals surface area (Å²) in [6.07, 6.45) is 5.43. The molecule has 2 fully saturated rings. The van der Waals surface area contributed by atoms with Crippen LogP contribution in [0.3, 0.4) is 0 Å². The van der Waals surface area contributed by atoms with E-state index in [0.717, 1.165) is 23.9 Å². The second-order valence-corrected chi connectivity index (χ2v) is 7.86. The fraction of sp³-hybridized carbons (Fsp3) is 1.00. The minimum absolute atomic E-state index is 0.481. The summed E-state index contributed by atoms with van der Waals surface area (Å²) in [5, 5.41) is 3.84. The predicted octanol–water partition coefficient (Wildman–Crippen LogP) is 3.52. The Bertz CT molecular complexity index is 287. The molecule has 1 saturated carbocycles. The predicted molar refractivity (Wildman–Crippen MR) is 83.4 cm³/mol. The molecule has 2 heteroatoms. The van der Waals surface area contributed by atoms with Gasteiger partial charge in [0.2, 0.25) is 0 Å². The van der Waals surface area contributed by atoms with Crippen LogP contribution in [0.15, 0.2) is 0 Å². The van der Waals surface area contributed by atoms with Crippen molar-refractivity contribution in [3.05, 3.63) is 0 Å². The average molecular weight is 266 g/mol. The lowest BCUT2D eigenvalue weighted by Gasteiger charge is -2.34. The van der Waals surface area contributed by atoms with Crippen LogP contribution in [0.2, 0.25) is 0 Å². The van der Waals surface area contributed by atoms with Crippen LogP contribution in [0.1, 0.15) is 60.3 Å². The quantitative estimate of drug-likeness (QED) is 0.819. The Hall–Kier alpha value is -0.0800. The SMILES string of the molecule is CCCNC1C(CN2CC(C)CC2C)CCC1(C)C. The van der Waals surface area contributed by atoms with E-state index in [4.69, 9.17) is 0 Å². The molecule has 2 rings (SSSR count). The maximum absolute atomic E-state index is 3.84. The van der Waals surface area contributed by atoms with Gasteiger partial charge in [0.05, 0.1) is 0 Å². The summed E-state index contributed by atoms with van der Waals surface area (Å²) in [5.74, 6) is 1.75. The van der Waals surface area contributed by atoms with Gasteiger partial charge >= 0.3 is 0 Å². The molecule has 19 heavy (non-hydrogen) atoms. The zero-order chi connectivity index (χ0) is 14.0. The molecule has 4 atom stereocenters. The number of rotatable bonds is 5. The van der Waals surface area contributed by atoms with E-state index >= 15 is 0 Å². The summed E-state index contributed by atoms with van der Waals surface area (Å²) in [6.45, 7) is 15.8. The second kappa shape index (κ2) is 6.13. The first-order valence-electron chi connectivity index (χ1n) is 8.41. The molecular weight excluding hydrogens is 232 g/mol. The van der Waals surface area contributed by atoms with Crippen molar-refractivity contribution in [2.24, 2.45) is 17.3 Å². The van der Waals surface area contributed by atoms with E-state index in [1.807, 2.05) is 0 Å². The normalized spacial score (nSPS) is 39.0. The Morgan fingerprint density at radius 2 is 2.00 bits per heavy atom. The Morgan fingerprint density at radius 3 is 2.58 bits per heavy atom. The van der Waals surface area contributed by atoms with Crippen molar-refractivity contribution < 1.29 is 0 Å². The first-order chi connectivity index (χ1) is 8.94. The van der Waals surface area contributed by atoms with Crippen molar-refractivity contribution in [2.75, 3.05) is 19.6 Å². The molecule has 0 radical (unpaired) electrons. The Morgan fingerprint density at radius 1 is 1.26 bits per heavy atom. The summed E-state index contributed by atoms with van der Waals surface area (Å²) in [4.78, 5) is 2.75. The maximum Gasteiger partial charge on any atom is 0.0159 e. The zero-order valence-electron chi connectivity index (χ0n) is 13.7. The third-order valence-corrected chi connectivity index (χ3v) is 5.47. The van der Waals surface area contributed by atoms with Crippen LogP contribution < -0.4 is 5.32 Å². The fourth-order valence-corrected chi connectivity index (χ4v) is 4.40. The number of hydrogen-bond donors (Lipinski definition) is 1. The minimum Gasteiger partial charge on any atom is -0.313 e. The van der Waals surface area contributed by atoms with Crippen molar-refractivity contribution in [3.63, 3.8) is 0 Å². The summed E-state index contributed by atoms with van der Waals surface area (Å²) in [6, 6.07) is 1.51. The summed E-state index contributed by atoms with van der Waals surface area (Å²) < 4.78 is 0. The monoisotopic (exact) mass is 266 g/mol. The van der Waals surface area contributed by atoms with Gasteiger partial charge in [0, 0.05) is 25.2 Å². The molecule has 4 unspecified atom stereocenters. The number of nitrogens with one attached hydrogen (secondary N) is 1. The highest BCUT2D eigenvalue weighted by Crippen LogP contribution is 2.42. The van der Waals surface area contributed by atoms with E-state index < -0.39 is 0 Å². The molecule has 2 aliphatic rings. The molecule has 0 bridgehead atoms. The third-order valence-electron chi connectivity index (χ3n) is 5.47. The van der Waals surface area contributed by atoms with Crippen LogP contribution in [0.25, 0.3) is 0 Å². The zero-order valence-corrected chi connectivity index (χ0v) is 13.7. The molecule has 0 aromatic heterocycles. The number of nitrogens with zero attached hydrogens (tertiary/aromatic N) is 1. The van der Waals surface area contributed by atoms with Gasteiger partial charge in [-0.3, -0.25) is 0 Å². The number of likely N-dealkylation sites (tertiary alicyclic amines) is 1. The molecule has 1 aliphatic carbocycles. The lowest BCUT2D eigenvalue weighted by Crippen LogP contribution is -2.46. The highest BCUT2D eigenvalue weighted by Gasteiger charge is 2.42. The molecule has 1 N–H and O–H groups in total. The van der Waals surface area contributed by atoms with Crippen molar-refractivity contribution in [1.82, 2.24) is 10.2 Å². The van der Waals surface area contributed by atoms with E-state index in [1.165, 1.54) is 45.3 Å². The van der Waals surface area contributed by atoms with Gasteiger partial charge in [-0.2, -0.15) is 0 Å². The Labute approximate surface area is 120 Å². The summed E-state index contributed by atoms with van der Waals surface area (Å²) in [5.41, 5.74) is 0.481. The molecule has 0 spiro atoms. The van der Waals surface area contributed by atoms with E-state index in [1.54, 1.807) is 0 Å². The topological polar surface area (TPSA) is 15.3 Å². The van der Waals surface area contributed by atoms with Crippen LogP contribution in [0.4, 0.5) is 0 Å². The van der Waals surface area contributed by atoms with Gasteiger partial charge in [0.25, 0.3) is 0 Å². The van der Waals surface area contributed by atoms with E-state index in [9.17, 15) is 0 Å². The Balaban J connectivity index is 1.94. The van der Waals surface area contributed by atoms with Crippen molar-refractivity contribution >= 4 is 0 Å².